The van der Waals surface area contributed by atoms with Gasteiger partial charge in [-0.1, -0.05) is 18.5 Å². The molecule has 1 saturated carbocycles. The monoisotopic (exact) mass is 317 g/mol. The van der Waals surface area contributed by atoms with Crippen molar-refractivity contribution in [2.24, 2.45) is 0 Å². The summed E-state index contributed by atoms with van der Waals surface area (Å²) < 4.78 is 6.83. The zero-order valence-corrected chi connectivity index (χ0v) is 12.2. The summed E-state index contributed by atoms with van der Waals surface area (Å²) in [6.45, 7) is 3.28. The Morgan fingerprint density at radius 1 is 1.47 bits per heavy atom. The third-order valence-electron chi connectivity index (χ3n) is 2.97. The minimum Gasteiger partial charge on any atom is -0.489 e. The van der Waals surface area contributed by atoms with Crippen molar-refractivity contribution < 1.29 is 4.74 Å². The van der Waals surface area contributed by atoms with E-state index in [1.165, 1.54) is 6.42 Å². The maximum absolute atomic E-state index is 5.90. The van der Waals surface area contributed by atoms with Crippen molar-refractivity contribution >= 4 is 27.5 Å². The Hall–Kier alpha value is -0.250. The molecule has 1 aromatic rings. The molecule has 0 unspecified atom stereocenters. The SMILES string of the molecule is CCCNC1CC(Oc2ccc(Cl)cc2Br)C1. The number of benzene rings is 1. The fourth-order valence-electron chi connectivity index (χ4n) is 1.93. The molecule has 94 valence electrons. The standard InChI is InChI=1S/C13H17BrClNO/c1-2-5-16-10-7-11(8-10)17-13-4-3-9(15)6-12(13)14/h3-4,6,10-11,16H,2,5,7-8H2,1H3. The lowest BCUT2D eigenvalue weighted by Crippen LogP contribution is -2.47. The lowest BCUT2D eigenvalue weighted by Gasteiger charge is -2.36. The number of hydrogen-bond acceptors (Lipinski definition) is 2. The van der Waals surface area contributed by atoms with E-state index in [2.05, 4.69) is 28.2 Å². The molecule has 17 heavy (non-hydrogen) atoms. The van der Waals surface area contributed by atoms with Gasteiger partial charge in [0.15, 0.2) is 0 Å². The van der Waals surface area contributed by atoms with Crippen LogP contribution in [0, 0.1) is 0 Å². The van der Waals surface area contributed by atoms with Crippen LogP contribution in [0.3, 0.4) is 0 Å². The highest BCUT2D eigenvalue weighted by atomic mass is 79.9. The van der Waals surface area contributed by atoms with Gasteiger partial charge in [0.2, 0.25) is 0 Å². The van der Waals surface area contributed by atoms with Crippen molar-refractivity contribution in [2.75, 3.05) is 6.54 Å². The number of hydrogen-bond donors (Lipinski definition) is 1. The average molecular weight is 319 g/mol. The summed E-state index contributed by atoms with van der Waals surface area (Å²) >= 11 is 9.35. The predicted molar refractivity (Wildman–Crippen MR) is 74.9 cm³/mol. The quantitative estimate of drug-likeness (QED) is 0.885. The van der Waals surface area contributed by atoms with Crippen molar-refractivity contribution in [2.45, 2.75) is 38.3 Å². The van der Waals surface area contributed by atoms with Gasteiger partial charge in [-0.3, -0.25) is 0 Å². The van der Waals surface area contributed by atoms with Crippen molar-refractivity contribution in [3.8, 4) is 5.75 Å². The number of ether oxygens (including phenoxy) is 1. The second kappa shape index (κ2) is 6.07. The molecule has 0 aliphatic heterocycles. The Balaban J connectivity index is 1.79. The third kappa shape index (κ3) is 3.60. The first kappa shape index (κ1) is 13.2. The first-order chi connectivity index (χ1) is 8.19. The van der Waals surface area contributed by atoms with E-state index in [-0.39, 0.29) is 0 Å². The van der Waals surface area contributed by atoms with E-state index in [1.807, 2.05) is 18.2 Å². The van der Waals surface area contributed by atoms with Crippen molar-refractivity contribution in [3.63, 3.8) is 0 Å². The molecule has 0 bridgehead atoms. The molecule has 1 aliphatic carbocycles. The smallest absolute Gasteiger partial charge is 0.133 e. The van der Waals surface area contributed by atoms with E-state index in [1.54, 1.807) is 0 Å². The topological polar surface area (TPSA) is 21.3 Å². The molecular weight excluding hydrogens is 302 g/mol. The highest BCUT2D eigenvalue weighted by Crippen LogP contribution is 2.32. The molecule has 0 saturated heterocycles. The minimum absolute atomic E-state index is 0.335. The third-order valence-corrected chi connectivity index (χ3v) is 3.82. The van der Waals surface area contributed by atoms with Gasteiger partial charge in [-0.2, -0.15) is 0 Å². The molecular formula is C13H17BrClNO. The fourth-order valence-corrected chi connectivity index (χ4v) is 2.70. The summed E-state index contributed by atoms with van der Waals surface area (Å²) in [6, 6.07) is 6.26. The Morgan fingerprint density at radius 2 is 2.24 bits per heavy atom. The Labute approximate surface area is 116 Å². The van der Waals surface area contributed by atoms with Crippen LogP contribution < -0.4 is 10.1 Å². The molecule has 0 heterocycles. The van der Waals surface area contributed by atoms with Gasteiger partial charge >= 0.3 is 0 Å². The van der Waals surface area contributed by atoms with Crippen LogP contribution >= 0.6 is 27.5 Å². The van der Waals surface area contributed by atoms with Crippen LogP contribution in [0.1, 0.15) is 26.2 Å². The van der Waals surface area contributed by atoms with Gasteiger partial charge in [-0.25, -0.2) is 0 Å². The molecule has 2 rings (SSSR count). The van der Waals surface area contributed by atoms with E-state index >= 15 is 0 Å². The van der Waals surface area contributed by atoms with E-state index in [9.17, 15) is 0 Å². The van der Waals surface area contributed by atoms with Crippen LogP contribution in [-0.2, 0) is 0 Å². The van der Waals surface area contributed by atoms with E-state index in [0.717, 1.165) is 34.6 Å². The van der Waals surface area contributed by atoms with Crippen LogP contribution in [0.15, 0.2) is 22.7 Å². The van der Waals surface area contributed by atoms with Crippen LogP contribution in [0.4, 0.5) is 0 Å². The predicted octanol–water partition coefficient (Wildman–Crippen LogP) is 4.01. The fraction of sp³-hybridized carbons (Fsp3) is 0.538. The van der Waals surface area contributed by atoms with E-state index < -0.39 is 0 Å². The van der Waals surface area contributed by atoms with Crippen LogP contribution in [0.25, 0.3) is 0 Å². The molecule has 0 aromatic heterocycles. The average Bonchev–Trinajstić information content (AvgIpc) is 2.24. The number of nitrogens with one attached hydrogen (secondary N) is 1. The summed E-state index contributed by atoms with van der Waals surface area (Å²) in [7, 11) is 0. The van der Waals surface area contributed by atoms with Gasteiger partial charge in [-0.15, -0.1) is 0 Å². The largest absolute Gasteiger partial charge is 0.489 e. The van der Waals surface area contributed by atoms with Crippen molar-refractivity contribution in [1.29, 1.82) is 0 Å². The Kier molecular flexibility index (Phi) is 4.71. The van der Waals surface area contributed by atoms with Crippen LogP contribution in [0.2, 0.25) is 5.02 Å². The summed E-state index contributed by atoms with van der Waals surface area (Å²) in [5.41, 5.74) is 0. The van der Waals surface area contributed by atoms with Gasteiger partial charge in [0.1, 0.15) is 11.9 Å². The maximum atomic E-state index is 5.90. The molecule has 4 heteroatoms. The molecule has 1 N–H and O–H groups in total. The lowest BCUT2D eigenvalue weighted by molar-refractivity contribution is 0.0845. The number of rotatable bonds is 5. The minimum atomic E-state index is 0.335. The van der Waals surface area contributed by atoms with Gasteiger partial charge in [0.25, 0.3) is 0 Å². The molecule has 1 fully saturated rings. The van der Waals surface area contributed by atoms with Gasteiger partial charge in [-0.05, 0) is 59.9 Å². The van der Waals surface area contributed by atoms with Crippen molar-refractivity contribution in [1.82, 2.24) is 5.32 Å². The van der Waals surface area contributed by atoms with E-state index in [0.29, 0.717) is 12.1 Å². The number of halogens is 2. The zero-order valence-electron chi connectivity index (χ0n) is 9.88. The van der Waals surface area contributed by atoms with E-state index in [4.69, 9.17) is 16.3 Å². The molecule has 0 amide bonds. The molecule has 0 atom stereocenters. The summed E-state index contributed by atoms with van der Waals surface area (Å²) in [4.78, 5) is 0. The summed E-state index contributed by atoms with van der Waals surface area (Å²) in [6.07, 6.45) is 3.70. The molecule has 2 nitrogen and oxygen atoms in total. The maximum Gasteiger partial charge on any atom is 0.133 e. The Bertz CT molecular complexity index is 380. The van der Waals surface area contributed by atoms with Crippen LogP contribution in [0.5, 0.6) is 5.75 Å². The van der Waals surface area contributed by atoms with Gasteiger partial charge in [0.05, 0.1) is 4.47 Å². The zero-order chi connectivity index (χ0) is 12.3. The summed E-state index contributed by atoms with van der Waals surface area (Å²) in [5, 5.41) is 4.22. The lowest BCUT2D eigenvalue weighted by atomic mass is 9.89. The highest BCUT2D eigenvalue weighted by molar-refractivity contribution is 9.10. The molecule has 0 radical (unpaired) electrons. The molecule has 0 spiro atoms. The second-order valence-electron chi connectivity index (χ2n) is 4.44. The molecule has 1 aliphatic rings. The highest BCUT2D eigenvalue weighted by Gasteiger charge is 2.30. The molecule has 1 aromatic carbocycles. The van der Waals surface area contributed by atoms with Crippen LogP contribution in [-0.4, -0.2) is 18.7 Å². The first-order valence-electron chi connectivity index (χ1n) is 6.04. The van der Waals surface area contributed by atoms with Gasteiger partial charge in [0, 0.05) is 11.1 Å². The first-order valence-corrected chi connectivity index (χ1v) is 7.21. The van der Waals surface area contributed by atoms with Gasteiger partial charge < -0.3 is 10.1 Å². The normalized spacial score (nSPS) is 23.2. The second-order valence-corrected chi connectivity index (χ2v) is 5.73. The Morgan fingerprint density at radius 3 is 2.88 bits per heavy atom. The van der Waals surface area contributed by atoms with Crippen molar-refractivity contribution in [3.05, 3.63) is 27.7 Å². The summed E-state index contributed by atoms with van der Waals surface area (Å²) in [5.74, 6) is 0.883.